The minimum Gasteiger partial charge on any atom is -0.485 e. The van der Waals surface area contributed by atoms with Gasteiger partial charge >= 0.3 is 0 Å². The van der Waals surface area contributed by atoms with Gasteiger partial charge in [-0.3, -0.25) is 0 Å². The summed E-state index contributed by atoms with van der Waals surface area (Å²) in [4.78, 5) is 2.39. The predicted molar refractivity (Wildman–Crippen MR) is 254 cm³/mol. The van der Waals surface area contributed by atoms with E-state index in [0.29, 0.717) is 0 Å². The fraction of sp³-hybridized carbons (Fsp3) is 0.0345. The summed E-state index contributed by atoms with van der Waals surface area (Å²) < 4.78 is 12.8. The lowest BCUT2D eigenvalue weighted by Gasteiger charge is -2.29. The van der Waals surface area contributed by atoms with Gasteiger partial charge in [-0.2, -0.15) is 0 Å². The number of nitrogens with zero attached hydrogens (tertiary/aromatic N) is 1. The second-order valence-corrected chi connectivity index (χ2v) is 15.9. The molecule has 2 heterocycles. The number of hydrogen-bond donors (Lipinski definition) is 0. The predicted octanol–water partition coefficient (Wildman–Crippen LogP) is 16.0. The standard InChI is InChI=1S/C58H39NO2/c1-3-14-38(15-4-1)47-20-7-10-23-53(47)59(45-29-32-50-49-21-8-11-24-54(49)61-57(50)37-45)44-28-31-46(52(36-44)39-16-5-2-6-17-39)42-19-13-18-40(34-42)41-26-30-48-43(35-41)27-33-56-58(48)51-22-9-12-25-55(51)60-56/h1-23,25-37,54H,24H2. The van der Waals surface area contributed by atoms with E-state index in [0.717, 1.165) is 73.6 Å². The number of benzene rings is 9. The smallest absolute Gasteiger partial charge is 0.136 e. The first-order chi connectivity index (χ1) is 30.2. The molecule has 3 nitrogen and oxygen atoms in total. The van der Waals surface area contributed by atoms with E-state index >= 15 is 0 Å². The molecule has 0 amide bonds. The molecule has 1 aliphatic heterocycles. The number of anilines is 3. The molecule has 0 saturated heterocycles. The number of rotatable bonds is 7. The number of hydrogen-bond acceptors (Lipinski definition) is 3. The Balaban J connectivity index is 1.00. The maximum atomic E-state index is 6.61. The molecule has 0 fully saturated rings. The Bertz CT molecular complexity index is 3380. The van der Waals surface area contributed by atoms with Crippen LogP contribution in [0.5, 0.6) is 5.75 Å². The topological polar surface area (TPSA) is 25.6 Å². The van der Waals surface area contributed by atoms with Crippen LogP contribution in [0.2, 0.25) is 0 Å². The first-order valence-electron chi connectivity index (χ1n) is 21.0. The van der Waals surface area contributed by atoms with E-state index in [9.17, 15) is 0 Å². The Kier molecular flexibility index (Phi) is 8.31. The Morgan fingerprint density at radius 3 is 2.02 bits per heavy atom. The zero-order valence-electron chi connectivity index (χ0n) is 33.3. The van der Waals surface area contributed by atoms with Crippen molar-refractivity contribution in [1.82, 2.24) is 0 Å². The molecule has 0 bridgehead atoms. The Labute approximate surface area is 354 Å². The minimum absolute atomic E-state index is 0.0578. The number of allylic oxidation sites excluding steroid dienone is 2. The van der Waals surface area contributed by atoms with Crippen molar-refractivity contribution in [3.8, 4) is 50.3 Å². The van der Waals surface area contributed by atoms with Crippen LogP contribution in [0.15, 0.2) is 223 Å². The molecule has 3 heteroatoms. The molecule has 1 atom stereocenters. The molecule has 0 radical (unpaired) electrons. The van der Waals surface area contributed by atoms with Gasteiger partial charge in [0.05, 0.1) is 5.69 Å². The lowest BCUT2D eigenvalue weighted by atomic mass is 9.91. The maximum Gasteiger partial charge on any atom is 0.136 e. The Hall–Kier alpha value is -7.88. The highest BCUT2D eigenvalue weighted by Crippen LogP contribution is 2.48. The molecule has 0 spiro atoms. The van der Waals surface area contributed by atoms with Gasteiger partial charge in [0.25, 0.3) is 0 Å². The number of furan rings is 1. The van der Waals surface area contributed by atoms with Gasteiger partial charge in [-0.05, 0) is 104 Å². The Morgan fingerprint density at radius 1 is 0.443 bits per heavy atom. The van der Waals surface area contributed by atoms with Crippen molar-refractivity contribution < 1.29 is 9.15 Å². The summed E-state index contributed by atoms with van der Waals surface area (Å²) in [6.07, 6.45) is 7.47. The third kappa shape index (κ3) is 6.05. The van der Waals surface area contributed by atoms with Crippen molar-refractivity contribution in [3.63, 3.8) is 0 Å². The Morgan fingerprint density at radius 2 is 1.15 bits per heavy atom. The number of para-hydroxylation sites is 2. The first kappa shape index (κ1) is 35.1. The summed E-state index contributed by atoms with van der Waals surface area (Å²) in [5.41, 5.74) is 16.8. The monoisotopic (exact) mass is 781 g/mol. The van der Waals surface area contributed by atoms with E-state index in [1.54, 1.807) is 0 Å². The third-order valence-electron chi connectivity index (χ3n) is 12.4. The quantitative estimate of drug-likeness (QED) is 0.161. The van der Waals surface area contributed by atoms with Crippen molar-refractivity contribution in [1.29, 1.82) is 0 Å². The lowest BCUT2D eigenvalue weighted by Crippen LogP contribution is -2.12. The molecule has 10 aromatic rings. The average molecular weight is 782 g/mol. The van der Waals surface area contributed by atoms with Gasteiger partial charge in [-0.25, -0.2) is 0 Å². The third-order valence-corrected chi connectivity index (χ3v) is 12.4. The van der Waals surface area contributed by atoms with E-state index in [2.05, 4.69) is 211 Å². The number of fused-ring (bicyclic) bond motifs is 8. The van der Waals surface area contributed by atoms with Crippen molar-refractivity contribution in [2.24, 2.45) is 0 Å². The van der Waals surface area contributed by atoms with E-state index < -0.39 is 0 Å². The summed E-state index contributed by atoms with van der Waals surface area (Å²) in [6, 6.07) is 72.1. The van der Waals surface area contributed by atoms with E-state index in [-0.39, 0.29) is 6.10 Å². The summed E-state index contributed by atoms with van der Waals surface area (Å²) in [5, 5.41) is 4.71. The van der Waals surface area contributed by atoms with Gasteiger partial charge in [0.15, 0.2) is 0 Å². The highest BCUT2D eigenvalue weighted by Gasteiger charge is 2.30. The molecule has 0 saturated carbocycles. The summed E-state index contributed by atoms with van der Waals surface area (Å²) >= 11 is 0. The van der Waals surface area contributed by atoms with Crippen molar-refractivity contribution in [2.75, 3.05) is 4.90 Å². The van der Waals surface area contributed by atoms with Gasteiger partial charge in [-0.15, -0.1) is 0 Å². The highest BCUT2D eigenvalue weighted by atomic mass is 16.5. The van der Waals surface area contributed by atoms with E-state index in [4.69, 9.17) is 9.15 Å². The first-order valence-corrected chi connectivity index (χ1v) is 21.0. The molecular formula is C58H39NO2. The van der Waals surface area contributed by atoms with Gasteiger partial charge < -0.3 is 14.1 Å². The van der Waals surface area contributed by atoms with Crippen molar-refractivity contribution in [3.05, 3.63) is 224 Å². The van der Waals surface area contributed by atoms with Crippen LogP contribution in [0.3, 0.4) is 0 Å². The van der Waals surface area contributed by atoms with Crippen LogP contribution in [-0.2, 0) is 0 Å². The zero-order chi connectivity index (χ0) is 40.3. The van der Waals surface area contributed by atoms with Gasteiger partial charge in [0.1, 0.15) is 23.0 Å². The van der Waals surface area contributed by atoms with Crippen LogP contribution in [-0.4, -0.2) is 6.10 Å². The van der Waals surface area contributed by atoms with Crippen LogP contribution >= 0.6 is 0 Å². The van der Waals surface area contributed by atoms with Crippen LogP contribution in [0.25, 0.3) is 82.8 Å². The summed E-state index contributed by atoms with van der Waals surface area (Å²) in [7, 11) is 0. The fourth-order valence-electron chi connectivity index (χ4n) is 9.46. The molecule has 0 N–H and O–H groups in total. The molecule has 1 aromatic heterocycles. The molecule has 1 aliphatic carbocycles. The molecular weight excluding hydrogens is 743 g/mol. The molecule has 9 aromatic carbocycles. The normalized spacial score (nSPS) is 14.2. The van der Waals surface area contributed by atoms with Gasteiger partial charge in [-0.1, -0.05) is 158 Å². The van der Waals surface area contributed by atoms with Crippen LogP contribution in [0.1, 0.15) is 12.0 Å². The van der Waals surface area contributed by atoms with Gasteiger partial charge in [0, 0.05) is 51.3 Å². The highest BCUT2D eigenvalue weighted by molar-refractivity contribution is 6.19. The molecule has 1 unspecified atom stereocenters. The molecule has 61 heavy (non-hydrogen) atoms. The minimum atomic E-state index is 0.0578. The molecule has 288 valence electrons. The maximum absolute atomic E-state index is 6.61. The van der Waals surface area contributed by atoms with Crippen LogP contribution < -0.4 is 9.64 Å². The average Bonchev–Trinajstić information content (AvgIpc) is 3.91. The molecule has 2 aliphatic rings. The summed E-state index contributed by atoms with van der Waals surface area (Å²) in [6.45, 7) is 0. The second kappa shape index (κ2) is 14.4. The molecule has 12 rings (SSSR count). The zero-order valence-corrected chi connectivity index (χ0v) is 33.3. The van der Waals surface area contributed by atoms with Crippen LogP contribution in [0.4, 0.5) is 17.1 Å². The summed E-state index contributed by atoms with van der Waals surface area (Å²) in [5.74, 6) is 0.924. The van der Waals surface area contributed by atoms with Crippen molar-refractivity contribution >= 4 is 55.3 Å². The van der Waals surface area contributed by atoms with E-state index in [1.165, 1.54) is 44.0 Å². The van der Waals surface area contributed by atoms with E-state index in [1.807, 2.05) is 12.1 Å². The lowest BCUT2D eigenvalue weighted by molar-refractivity contribution is 0.279. The van der Waals surface area contributed by atoms with Gasteiger partial charge in [0.2, 0.25) is 0 Å². The van der Waals surface area contributed by atoms with Crippen LogP contribution in [0, 0.1) is 0 Å². The SMILES string of the molecule is C1=CCC2Oc3cc(N(c4ccc(-c5cccc(-c6ccc7c(ccc8oc9ccccc9c87)c6)c5)c(-c5ccccc5)c4)c4ccccc4-c4ccccc4)ccc3C2=C1. The fourth-order valence-corrected chi connectivity index (χ4v) is 9.46. The number of ether oxygens (including phenoxy) is 1. The largest absolute Gasteiger partial charge is 0.485 e. The van der Waals surface area contributed by atoms with Crippen molar-refractivity contribution in [2.45, 2.75) is 12.5 Å². The second-order valence-electron chi connectivity index (χ2n) is 15.9.